The van der Waals surface area contributed by atoms with Gasteiger partial charge in [0.05, 0.1) is 0 Å². The van der Waals surface area contributed by atoms with Gasteiger partial charge < -0.3 is 16.8 Å². The number of rotatable bonds is 3. The molecule has 2 unspecified atom stereocenters. The topological polar surface area (TPSA) is 81.1 Å². The number of hydrogen-bond acceptors (Lipinski definition) is 2. The Morgan fingerprint density at radius 2 is 2.10 bits per heavy atom. The monoisotopic (exact) mass is 145 g/mol. The fourth-order valence-electron chi connectivity index (χ4n) is 0.859. The van der Waals surface area contributed by atoms with E-state index in [1.54, 1.807) is 0 Å². The highest BCUT2D eigenvalue weighted by Crippen LogP contribution is 1.92. The van der Waals surface area contributed by atoms with E-state index in [0.717, 1.165) is 6.42 Å². The summed E-state index contributed by atoms with van der Waals surface area (Å²) in [4.78, 5) is 10.3. The molecule has 10 heavy (non-hydrogen) atoms. The van der Waals surface area contributed by atoms with Crippen LogP contribution in [0.25, 0.3) is 0 Å². The van der Waals surface area contributed by atoms with E-state index in [-0.39, 0.29) is 12.1 Å². The zero-order valence-corrected chi connectivity index (χ0v) is 6.42. The Kier molecular flexibility index (Phi) is 3.79. The molecule has 0 fully saturated rings. The van der Waals surface area contributed by atoms with Crippen molar-refractivity contribution in [2.45, 2.75) is 32.4 Å². The Hall–Kier alpha value is -0.770. The number of carbonyl (C=O) groups excluding carboxylic acids is 1. The van der Waals surface area contributed by atoms with Crippen LogP contribution in [-0.4, -0.2) is 18.1 Å². The Labute approximate surface area is 61.0 Å². The zero-order valence-electron chi connectivity index (χ0n) is 6.42. The number of nitrogens with one attached hydrogen (secondary N) is 1. The second kappa shape index (κ2) is 4.11. The lowest BCUT2D eigenvalue weighted by atomic mass is 10.1. The largest absolute Gasteiger partial charge is 0.352 e. The second-order valence-electron chi connectivity index (χ2n) is 2.62. The molecule has 0 aromatic carbocycles. The van der Waals surface area contributed by atoms with Crippen molar-refractivity contribution in [2.24, 2.45) is 11.5 Å². The summed E-state index contributed by atoms with van der Waals surface area (Å²) in [6, 6.07) is -0.326. The lowest BCUT2D eigenvalue weighted by Crippen LogP contribution is -2.39. The SMILES string of the molecule is CC(N)CC(C)NC(N)=O. The van der Waals surface area contributed by atoms with E-state index in [9.17, 15) is 4.79 Å². The molecule has 0 radical (unpaired) electrons. The molecule has 2 amide bonds. The van der Waals surface area contributed by atoms with Crippen molar-refractivity contribution in [3.05, 3.63) is 0 Å². The predicted molar refractivity (Wildman–Crippen MR) is 40.4 cm³/mol. The van der Waals surface area contributed by atoms with Gasteiger partial charge in [-0.05, 0) is 20.3 Å². The molecule has 0 saturated carbocycles. The quantitative estimate of drug-likeness (QED) is 0.513. The Balaban J connectivity index is 3.43. The van der Waals surface area contributed by atoms with Gasteiger partial charge in [-0.2, -0.15) is 0 Å². The molecule has 0 aliphatic carbocycles. The van der Waals surface area contributed by atoms with Gasteiger partial charge in [0, 0.05) is 12.1 Å². The van der Waals surface area contributed by atoms with Gasteiger partial charge in [0.25, 0.3) is 0 Å². The van der Waals surface area contributed by atoms with Crippen molar-refractivity contribution < 1.29 is 4.79 Å². The number of amides is 2. The summed E-state index contributed by atoms with van der Waals surface area (Å²) in [5.74, 6) is 0. The number of nitrogens with two attached hydrogens (primary N) is 2. The van der Waals surface area contributed by atoms with Crippen LogP contribution in [0.5, 0.6) is 0 Å². The van der Waals surface area contributed by atoms with Crippen molar-refractivity contribution in [2.75, 3.05) is 0 Å². The van der Waals surface area contributed by atoms with Gasteiger partial charge in [-0.25, -0.2) is 4.79 Å². The number of urea groups is 1. The molecule has 4 nitrogen and oxygen atoms in total. The molecule has 0 aliphatic heterocycles. The third-order valence-electron chi connectivity index (χ3n) is 1.11. The molecule has 0 aromatic heterocycles. The fourth-order valence-corrected chi connectivity index (χ4v) is 0.859. The van der Waals surface area contributed by atoms with Crippen LogP contribution in [-0.2, 0) is 0 Å². The summed E-state index contributed by atoms with van der Waals surface area (Å²) >= 11 is 0. The number of carbonyl (C=O) groups is 1. The molecule has 60 valence electrons. The average molecular weight is 145 g/mol. The highest BCUT2D eigenvalue weighted by atomic mass is 16.2. The van der Waals surface area contributed by atoms with Crippen LogP contribution in [0.3, 0.4) is 0 Å². The van der Waals surface area contributed by atoms with E-state index in [0.29, 0.717) is 0 Å². The molecule has 0 rings (SSSR count). The summed E-state index contributed by atoms with van der Waals surface area (Å²) in [5, 5.41) is 2.53. The van der Waals surface area contributed by atoms with Crippen LogP contribution >= 0.6 is 0 Å². The molecular formula is C6H15N3O. The summed E-state index contributed by atoms with van der Waals surface area (Å²) in [6.45, 7) is 3.76. The van der Waals surface area contributed by atoms with Crippen molar-refractivity contribution in [3.63, 3.8) is 0 Å². The molecule has 0 aromatic rings. The Morgan fingerprint density at radius 3 is 2.40 bits per heavy atom. The Morgan fingerprint density at radius 1 is 1.60 bits per heavy atom. The molecular weight excluding hydrogens is 130 g/mol. The first kappa shape index (κ1) is 9.23. The van der Waals surface area contributed by atoms with Crippen LogP contribution in [0, 0.1) is 0 Å². The molecule has 2 atom stereocenters. The van der Waals surface area contributed by atoms with Gasteiger partial charge in [0.1, 0.15) is 0 Å². The van der Waals surface area contributed by atoms with Crippen LogP contribution in [0.2, 0.25) is 0 Å². The van der Waals surface area contributed by atoms with Gasteiger partial charge >= 0.3 is 6.03 Å². The third-order valence-corrected chi connectivity index (χ3v) is 1.11. The summed E-state index contributed by atoms with van der Waals surface area (Å²) in [6.07, 6.45) is 0.753. The Bertz CT molecular complexity index is 114. The van der Waals surface area contributed by atoms with Crippen LogP contribution in [0.15, 0.2) is 0 Å². The molecule has 0 saturated heterocycles. The predicted octanol–water partition coefficient (Wildman–Crippen LogP) is -0.219. The first-order chi connectivity index (χ1) is 4.52. The lowest BCUT2D eigenvalue weighted by Gasteiger charge is -2.13. The first-order valence-electron chi connectivity index (χ1n) is 3.34. The van der Waals surface area contributed by atoms with Gasteiger partial charge in [0.15, 0.2) is 0 Å². The van der Waals surface area contributed by atoms with E-state index in [2.05, 4.69) is 5.32 Å². The molecule has 0 bridgehead atoms. The van der Waals surface area contributed by atoms with Gasteiger partial charge in [-0.3, -0.25) is 0 Å². The van der Waals surface area contributed by atoms with E-state index in [1.807, 2.05) is 13.8 Å². The molecule has 0 spiro atoms. The van der Waals surface area contributed by atoms with E-state index < -0.39 is 6.03 Å². The van der Waals surface area contributed by atoms with E-state index in [1.165, 1.54) is 0 Å². The average Bonchev–Trinajstić information content (AvgIpc) is 1.58. The van der Waals surface area contributed by atoms with Crippen molar-refractivity contribution in [3.8, 4) is 0 Å². The number of hydrogen-bond donors (Lipinski definition) is 3. The summed E-state index contributed by atoms with van der Waals surface area (Å²) in [7, 11) is 0. The van der Waals surface area contributed by atoms with Crippen molar-refractivity contribution >= 4 is 6.03 Å². The third kappa shape index (κ3) is 5.37. The maximum atomic E-state index is 10.3. The minimum absolute atomic E-state index is 0.0671. The zero-order chi connectivity index (χ0) is 8.15. The first-order valence-corrected chi connectivity index (χ1v) is 3.34. The maximum Gasteiger partial charge on any atom is 0.312 e. The van der Waals surface area contributed by atoms with Crippen molar-refractivity contribution in [1.82, 2.24) is 5.32 Å². The van der Waals surface area contributed by atoms with Gasteiger partial charge in [-0.15, -0.1) is 0 Å². The van der Waals surface area contributed by atoms with Crippen LogP contribution in [0.1, 0.15) is 20.3 Å². The van der Waals surface area contributed by atoms with E-state index in [4.69, 9.17) is 11.5 Å². The molecule has 4 heteroatoms. The highest BCUT2D eigenvalue weighted by Gasteiger charge is 2.05. The van der Waals surface area contributed by atoms with E-state index >= 15 is 0 Å². The molecule has 5 N–H and O–H groups in total. The van der Waals surface area contributed by atoms with Crippen LogP contribution in [0.4, 0.5) is 4.79 Å². The smallest absolute Gasteiger partial charge is 0.312 e. The maximum absolute atomic E-state index is 10.3. The second-order valence-corrected chi connectivity index (χ2v) is 2.62. The summed E-state index contributed by atoms with van der Waals surface area (Å²) < 4.78 is 0. The normalized spacial score (nSPS) is 15.9. The van der Waals surface area contributed by atoms with Gasteiger partial charge in [0.2, 0.25) is 0 Å². The highest BCUT2D eigenvalue weighted by molar-refractivity contribution is 5.71. The summed E-state index contributed by atoms with van der Waals surface area (Å²) in [5.41, 5.74) is 10.4. The number of primary amides is 1. The van der Waals surface area contributed by atoms with Gasteiger partial charge in [-0.1, -0.05) is 0 Å². The van der Waals surface area contributed by atoms with Crippen molar-refractivity contribution in [1.29, 1.82) is 0 Å². The minimum atomic E-state index is -0.492. The molecule has 0 aliphatic rings. The minimum Gasteiger partial charge on any atom is -0.352 e. The van der Waals surface area contributed by atoms with Crippen LogP contribution < -0.4 is 16.8 Å². The lowest BCUT2D eigenvalue weighted by molar-refractivity contribution is 0.245. The molecule has 0 heterocycles. The fraction of sp³-hybridized carbons (Fsp3) is 0.833. The standard InChI is InChI=1S/C6H15N3O/c1-4(7)3-5(2)9-6(8)10/h4-5H,3,7H2,1-2H3,(H3,8,9,10).